The van der Waals surface area contributed by atoms with Crippen LogP contribution >= 0.6 is 22.6 Å². The molecule has 11 heteroatoms. The number of ether oxygens (including phenoxy) is 2. The summed E-state index contributed by atoms with van der Waals surface area (Å²) in [5.41, 5.74) is 0.610. The summed E-state index contributed by atoms with van der Waals surface area (Å²) < 4.78 is 12.0. The van der Waals surface area contributed by atoms with E-state index in [1.165, 1.54) is 31.4 Å². The van der Waals surface area contributed by atoms with Crippen LogP contribution in [0.4, 0.5) is 11.4 Å². The molecule has 0 radical (unpaired) electrons. The maximum atomic E-state index is 13.6. The number of aliphatic hydroxyl groups is 1. The van der Waals surface area contributed by atoms with Gasteiger partial charge in [0.1, 0.15) is 0 Å². The van der Waals surface area contributed by atoms with Gasteiger partial charge in [-0.1, -0.05) is 13.0 Å². The van der Waals surface area contributed by atoms with Crippen molar-refractivity contribution in [2.45, 2.75) is 31.7 Å². The van der Waals surface area contributed by atoms with Crippen LogP contribution in [0.25, 0.3) is 0 Å². The molecule has 2 amide bonds. The maximum Gasteiger partial charge on any atom is 0.271 e. The lowest BCUT2D eigenvalue weighted by atomic mass is 9.65. The van der Waals surface area contributed by atoms with Crippen molar-refractivity contribution in [2.75, 3.05) is 12.0 Å². The summed E-state index contributed by atoms with van der Waals surface area (Å²) in [5.74, 6) is -4.81. The zero-order valence-corrected chi connectivity index (χ0v) is 21.0. The van der Waals surface area contributed by atoms with Crippen molar-refractivity contribution in [1.82, 2.24) is 0 Å². The Morgan fingerprint density at radius 1 is 1.23 bits per heavy atom. The molecule has 3 fully saturated rings. The standard InChI is InChI=1S/C24H23IN2O8/c1-11-6-15-20(23(30)26(22(15)29)13-4-3-5-14(9-13)27(32)33)16-10-18(35-24(11,16)31)12-7-17(25)21(28)19(8-12)34-2/h3-5,7-9,11,15-16,18,20,28,31H,6,10H2,1-2H3/t11-,15-,16-,18-,20-,24+/m0/s1. The SMILES string of the molecule is COc1cc([C@@H]2C[C@H]3[C@H]4C(=O)N(c5cccc([N+](=O)[O-])c5)C(=O)[C@H]4C[C@H](C)[C@@]3(O)O2)cc(I)c1O. The van der Waals surface area contributed by atoms with Crippen molar-refractivity contribution in [3.05, 3.63) is 55.6 Å². The number of rotatable bonds is 4. The van der Waals surface area contributed by atoms with Gasteiger partial charge >= 0.3 is 0 Å². The van der Waals surface area contributed by atoms with Crippen LogP contribution in [-0.4, -0.2) is 39.8 Å². The molecule has 5 rings (SSSR count). The van der Waals surface area contributed by atoms with E-state index < -0.39 is 52.3 Å². The molecule has 35 heavy (non-hydrogen) atoms. The topological polar surface area (TPSA) is 139 Å². The Morgan fingerprint density at radius 3 is 2.66 bits per heavy atom. The van der Waals surface area contributed by atoms with E-state index >= 15 is 0 Å². The van der Waals surface area contributed by atoms with Gasteiger partial charge in [-0.2, -0.15) is 0 Å². The van der Waals surface area contributed by atoms with E-state index in [-0.39, 0.29) is 35.7 Å². The minimum Gasteiger partial charge on any atom is -0.504 e. The second-order valence-corrected chi connectivity index (χ2v) is 10.5. The van der Waals surface area contributed by atoms with Crippen LogP contribution in [0.2, 0.25) is 0 Å². The first kappa shape index (κ1) is 23.9. The summed E-state index contributed by atoms with van der Waals surface area (Å²) >= 11 is 1.98. The average Bonchev–Trinajstić information content (AvgIpc) is 3.30. The highest BCUT2D eigenvalue weighted by Gasteiger charge is 2.66. The van der Waals surface area contributed by atoms with E-state index in [2.05, 4.69) is 0 Å². The zero-order chi connectivity index (χ0) is 25.2. The van der Waals surface area contributed by atoms with E-state index in [0.717, 1.165) is 4.90 Å². The number of nitro groups is 1. The number of hydrogen-bond donors (Lipinski definition) is 2. The second kappa shape index (κ2) is 8.42. The molecule has 0 bridgehead atoms. The molecular weight excluding hydrogens is 571 g/mol. The predicted octanol–water partition coefficient (Wildman–Crippen LogP) is 3.53. The number of nitro benzene ring substituents is 1. The van der Waals surface area contributed by atoms with Crippen LogP contribution in [0.15, 0.2) is 36.4 Å². The van der Waals surface area contributed by atoms with Crippen molar-refractivity contribution in [3.63, 3.8) is 0 Å². The quantitative estimate of drug-likeness (QED) is 0.237. The molecule has 0 unspecified atom stereocenters. The highest BCUT2D eigenvalue weighted by molar-refractivity contribution is 14.1. The molecule has 2 aromatic carbocycles. The number of fused-ring (bicyclic) bond motifs is 3. The molecule has 2 saturated heterocycles. The molecule has 2 aliphatic heterocycles. The molecule has 184 valence electrons. The lowest BCUT2D eigenvalue weighted by Gasteiger charge is -2.43. The first-order valence-electron chi connectivity index (χ1n) is 11.2. The fourth-order valence-electron chi connectivity index (χ4n) is 5.79. The Labute approximate surface area is 214 Å². The van der Waals surface area contributed by atoms with Gasteiger partial charge in [0, 0.05) is 24.0 Å². The maximum absolute atomic E-state index is 13.6. The highest BCUT2D eigenvalue weighted by atomic mass is 127. The predicted molar refractivity (Wildman–Crippen MR) is 131 cm³/mol. The molecule has 1 aliphatic carbocycles. The van der Waals surface area contributed by atoms with Gasteiger partial charge in [-0.05, 0) is 59.2 Å². The van der Waals surface area contributed by atoms with Gasteiger partial charge in [0.2, 0.25) is 11.8 Å². The van der Waals surface area contributed by atoms with Gasteiger partial charge in [0.05, 0.1) is 39.2 Å². The smallest absolute Gasteiger partial charge is 0.271 e. The molecule has 2 aromatic rings. The number of non-ortho nitro benzene ring substituents is 1. The highest BCUT2D eigenvalue weighted by Crippen LogP contribution is 2.58. The summed E-state index contributed by atoms with van der Waals surface area (Å²) in [5, 5.41) is 33.0. The van der Waals surface area contributed by atoms with Gasteiger partial charge in [0.15, 0.2) is 17.3 Å². The second-order valence-electron chi connectivity index (χ2n) is 9.31. The van der Waals surface area contributed by atoms with Crippen molar-refractivity contribution in [2.24, 2.45) is 23.7 Å². The number of carbonyl (C=O) groups is 2. The largest absolute Gasteiger partial charge is 0.504 e. The van der Waals surface area contributed by atoms with Gasteiger partial charge in [-0.25, -0.2) is 4.90 Å². The Bertz CT molecular complexity index is 1250. The first-order valence-corrected chi connectivity index (χ1v) is 12.2. The number of methoxy groups -OCH3 is 1. The Kier molecular flexibility index (Phi) is 5.76. The molecule has 2 N–H and O–H groups in total. The van der Waals surface area contributed by atoms with Gasteiger partial charge in [-0.3, -0.25) is 19.7 Å². The van der Waals surface area contributed by atoms with Crippen molar-refractivity contribution in [1.29, 1.82) is 0 Å². The lowest BCUT2D eigenvalue weighted by molar-refractivity contribution is -0.384. The molecule has 1 saturated carbocycles. The number of anilines is 1. The lowest BCUT2D eigenvalue weighted by Crippen LogP contribution is -2.52. The number of amides is 2. The molecule has 2 heterocycles. The number of aromatic hydroxyl groups is 1. The summed E-state index contributed by atoms with van der Waals surface area (Å²) in [6, 6.07) is 8.81. The monoisotopic (exact) mass is 594 g/mol. The van der Waals surface area contributed by atoms with Crippen LogP contribution in [0.1, 0.15) is 31.4 Å². The van der Waals surface area contributed by atoms with Gasteiger partial charge in [-0.15, -0.1) is 0 Å². The van der Waals surface area contributed by atoms with Crippen LogP contribution < -0.4 is 9.64 Å². The summed E-state index contributed by atoms with van der Waals surface area (Å²) in [7, 11) is 1.44. The van der Waals surface area contributed by atoms with E-state index in [1.807, 2.05) is 22.6 Å². The normalized spacial score (nSPS) is 31.9. The number of phenolic OH excluding ortho intramolecular Hbond substituents is 1. The van der Waals surface area contributed by atoms with E-state index in [9.17, 15) is 29.9 Å². The third-order valence-electron chi connectivity index (χ3n) is 7.50. The minimum atomic E-state index is -1.63. The molecule has 0 aromatic heterocycles. The Morgan fingerprint density at radius 2 is 1.97 bits per heavy atom. The molecule has 10 nitrogen and oxygen atoms in total. The molecule has 0 spiro atoms. The molecule has 6 atom stereocenters. The fraction of sp³-hybridized carbons (Fsp3) is 0.417. The van der Waals surface area contributed by atoms with Crippen molar-refractivity contribution >= 4 is 45.8 Å². The van der Waals surface area contributed by atoms with Gasteiger partial charge < -0.3 is 19.7 Å². The van der Waals surface area contributed by atoms with Crippen LogP contribution in [0.5, 0.6) is 11.5 Å². The number of carbonyl (C=O) groups excluding carboxylic acids is 2. The van der Waals surface area contributed by atoms with E-state index in [1.54, 1.807) is 19.1 Å². The van der Waals surface area contributed by atoms with Gasteiger partial charge in [0.25, 0.3) is 5.69 Å². The number of halogens is 1. The van der Waals surface area contributed by atoms with Crippen LogP contribution in [0, 0.1) is 37.4 Å². The third-order valence-corrected chi connectivity index (χ3v) is 8.32. The first-order chi connectivity index (χ1) is 16.6. The number of benzene rings is 2. The third kappa shape index (κ3) is 3.59. The van der Waals surface area contributed by atoms with E-state index in [4.69, 9.17) is 9.47 Å². The van der Waals surface area contributed by atoms with Crippen molar-refractivity contribution in [3.8, 4) is 11.5 Å². The Hall–Kier alpha value is -2.77. The van der Waals surface area contributed by atoms with Crippen LogP contribution in [-0.2, 0) is 14.3 Å². The minimum absolute atomic E-state index is 0.00331. The summed E-state index contributed by atoms with van der Waals surface area (Å²) in [4.78, 5) is 38.6. The zero-order valence-electron chi connectivity index (χ0n) is 18.9. The average molecular weight is 594 g/mol. The Balaban J connectivity index is 1.51. The number of hydrogen-bond acceptors (Lipinski definition) is 8. The summed E-state index contributed by atoms with van der Waals surface area (Å²) in [6.45, 7) is 1.79. The van der Waals surface area contributed by atoms with Crippen molar-refractivity contribution < 1.29 is 34.2 Å². The van der Waals surface area contributed by atoms with E-state index in [0.29, 0.717) is 9.13 Å². The number of phenols is 1. The summed E-state index contributed by atoms with van der Waals surface area (Å²) in [6.07, 6.45) is -0.0473. The molecule has 3 aliphatic rings. The number of nitrogens with zero attached hydrogens (tertiary/aromatic N) is 2. The number of imide groups is 1. The fourth-order valence-corrected chi connectivity index (χ4v) is 6.41. The molecular formula is C24H23IN2O8. The van der Waals surface area contributed by atoms with Crippen LogP contribution in [0.3, 0.4) is 0 Å².